The van der Waals surface area contributed by atoms with Gasteiger partial charge in [0.1, 0.15) is 12.4 Å². The molecule has 1 amide bonds. The van der Waals surface area contributed by atoms with Crippen molar-refractivity contribution >= 4 is 39.0 Å². The van der Waals surface area contributed by atoms with Crippen molar-refractivity contribution in [2.24, 2.45) is 0 Å². The number of rotatable bonds is 6. The highest BCUT2D eigenvalue weighted by Crippen LogP contribution is 2.45. The van der Waals surface area contributed by atoms with Gasteiger partial charge < -0.3 is 4.74 Å². The van der Waals surface area contributed by atoms with Crippen LogP contribution in [-0.2, 0) is 6.61 Å². The lowest BCUT2D eigenvalue weighted by atomic mass is 10.1. The van der Waals surface area contributed by atoms with Crippen LogP contribution in [0.15, 0.2) is 133 Å². The monoisotopic (exact) mass is 553 g/mol. The summed E-state index contributed by atoms with van der Waals surface area (Å²) < 4.78 is 7.98. The number of ether oxygens (including phenoxy) is 1. The first-order valence-electron chi connectivity index (χ1n) is 13.1. The summed E-state index contributed by atoms with van der Waals surface area (Å²) in [6.45, 7) is 0.120. The molecule has 41 heavy (non-hydrogen) atoms. The van der Waals surface area contributed by atoms with Gasteiger partial charge in [-0.3, -0.25) is 9.78 Å². The van der Waals surface area contributed by atoms with E-state index in [1.54, 1.807) is 34.2 Å². The van der Waals surface area contributed by atoms with E-state index >= 15 is 0 Å². The Kier molecular flexibility index (Phi) is 6.50. The van der Waals surface area contributed by atoms with Crippen LogP contribution >= 0.6 is 11.8 Å². The third-order valence-electron chi connectivity index (χ3n) is 6.79. The molecule has 0 bridgehead atoms. The number of benzene rings is 4. The summed E-state index contributed by atoms with van der Waals surface area (Å²) in [5, 5.41) is 13.5. The summed E-state index contributed by atoms with van der Waals surface area (Å²) >= 11 is 1.48. The summed E-state index contributed by atoms with van der Waals surface area (Å²) in [5.74, 6) is 0.983. The van der Waals surface area contributed by atoms with Crippen LogP contribution in [0.25, 0.3) is 21.4 Å². The standard InChI is InChI=1S/C33H23N5O2S/c39-32(26-17-19-34-20-18-26)38-30(24-10-3-1-4-11-24)31(25-12-5-2-6-13-25)41-33-36-35-29(37(33)38)22-40-28-16-15-23-9-7-8-14-27(23)21-28/h1-21H,22H2. The van der Waals surface area contributed by atoms with Crippen LogP contribution in [0.5, 0.6) is 5.75 Å². The number of thioether (sulfide) groups is 1. The molecule has 7 rings (SSSR count). The molecule has 0 atom stereocenters. The number of carbonyl (C=O) groups is 1. The summed E-state index contributed by atoms with van der Waals surface area (Å²) in [7, 11) is 0. The molecular weight excluding hydrogens is 530 g/mol. The predicted octanol–water partition coefficient (Wildman–Crippen LogP) is 6.82. The lowest BCUT2D eigenvalue weighted by molar-refractivity contribution is 0.0971. The van der Waals surface area contributed by atoms with Gasteiger partial charge in [-0.15, -0.1) is 10.2 Å². The molecule has 0 aliphatic carbocycles. The Balaban J connectivity index is 1.36. The highest BCUT2D eigenvalue weighted by molar-refractivity contribution is 8.08. The first kappa shape index (κ1) is 24.8. The number of nitrogens with zero attached hydrogens (tertiary/aromatic N) is 5. The van der Waals surface area contributed by atoms with Crippen molar-refractivity contribution in [3.05, 3.63) is 150 Å². The van der Waals surface area contributed by atoms with Gasteiger partial charge >= 0.3 is 0 Å². The lowest BCUT2D eigenvalue weighted by Crippen LogP contribution is -2.42. The topological polar surface area (TPSA) is 73.1 Å². The highest BCUT2D eigenvalue weighted by atomic mass is 32.2. The fraction of sp³-hybridized carbons (Fsp3) is 0.0303. The number of aromatic nitrogens is 4. The summed E-state index contributed by atoms with van der Waals surface area (Å²) in [6, 6.07) is 37.5. The van der Waals surface area contributed by atoms with Crippen molar-refractivity contribution in [3.8, 4) is 5.75 Å². The minimum Gasteiger partial charge on any atom is -0.486 e. The molecule has 2 aromatic heterocycles. The van der Waals surface area contributed by atoms with E-state index in [9.17, 15) is 4.79 Å². The van der Waals surface area contributed by atoms with Crippen molar-refractivity contribution < 1.29 is 9.53 Å². The zero-order chi connectivity index (χ0) is 27.6. The SMILES string of the molecule is O=C(c1ccncc1)N1C(c2ccccc2)=C(c2ccccc2)Sc2nnc(COc3ccc4ccccc4c3)n21. The Hall–Kier alpha value is -5.21. The van der Waals surface area contributed by atoms with Gasteiger partial charge in [0.25, 0.3) is 5.91 Å². The molecule has 1 aliphatic rings. The molecule has 0 N–H and O–H groups in total. The molecule has 8 heteroatoms. The fourth-order valence-electron chi connectivity index (χ4n) is 4.83. The van der Waals surface area contributed by atoms with Crippen LogP contribution in [0.4, 0.5) is 0 Å². The fourth-order valence-corrected chi connectivity index (χ4v) is 5.93. The normalized spacial score (nSPS) is 12.8. The van der Waals surface area contributed by atoms with Crippen molar-refractivity contribution in [2.75, 3.05) is 5.01 Å². The van der Waals surface area contributed by atoms with Gasteiger partial charge in [0.2, 0.25) is 5.16 Å². The zero-order valence-corrected chi connectivity index (χ0v) is 22.6. The molecule has 198 valence electrons. The first-order chi connectivity index (χ1) is 20.3. The van der Waals surface area contributed by atoms with Gasteiger partial charge in [-0.1, -0.05) is 91.0 Å². The second-order valence-corrected chi connectivity index (χ2v) is 10.4. The van der Waals surface area contributed by atoms with E-state index in [0.717, 1.165) is 32.5 Å². The third kappa shape index (κ3) is 4.74. The molecule has 1 aliphatic heterocycles. The second-order valence-electron chi connectivity index (χ2n) is 9.37. The molecule has 0 radical (unpaired) electrons. The van der Waals surface area contributed by atoms with Crippen LogP contribution in [0.3, 0.4) is 0 Å². The van der Waals surface area contributed by atoms with Crippen LogP contribution < -0.4 is 9.75 Å². The number of fused-ring (bicyclic) bond motifs is 2. The minimum atomic E-state index is -0.229. The largest absolute Gasteiger partial charge is 0.486 e. The van der Waals surface area contributed by atoms with Crippen molar-refractivity contribution in [1.82, 2.24) is 19.9 Å². The molecule has 0 spiro atoms. The van der Waals surface area contributed by atoms with Gasteiger partial charge in [0, 0.05) is 28.4 Å². The smallest absolute Gasteiger partial charge is 0.277 e. The quantitative estimate of drug-likeness (QED) is 0.226. The Bertz CT molecular complexity index is 1890. The lowest BCUT2D eigenvalue weighted by Gasteiger charge is -2.33. The first-order valence-corrected chi connectivity index (χ1v) is 13.9. The van der Waals surface area contributed by atoms with Crippen LogP contribution in [0.1, 0.15) is 27.3 Å². The molecule has 3 heterocycles. The predicted molar refractivity (Wildman–Crippen MR) is 161 cm³/mol. The van der Waals surface area contributed by atoms with Gasteiger partial charge in [-0.2, -0.15) is 0 Å². The summed E-state index contributed by atoms with van der Waals surface area (Å²) in [6.07, 6.45) is 3.24. The van der Waals surface area contributed by atoms with Crippen LogP contribution in [-0.4, -0.2) is 25.8 Å². The van der Waals surface area contributed by atoms with E-state index in [2.05, 4.69) is 27.3 Å². The molecule has 6 aromatic rings. The maximum atomic E-state index is 14.3. The minimum absolute atomic E-state index is 0.120. The van der Waals surface area contributed by atoms with Gasteiger partial charge in [-0.25, -0.2) is 9.69 Å². The Morgan fingerprint density at radius 2 is 1.41 bits per heavy atom. The van der Waals surface area contributed by atoms with Crippen molar-refractivity contribution in [1.29, 1.82) is 0 Å². The van der Waals surface area contributed by atoms with Crippen LogP contribution in [0, 0.1) is 0 Å². The molecular formula is C33H23N5O2S. The number of pyridine rings is 1. The van der Waals surface area contributed by atoms with E-state index in [0.29, 0.717) is 22.3 Å². The molecule has 0 fully saturated rings. The summed E-state index contributed by atoms with van der Waals surface area (Å²) in [4.78, 5) is 19.3. The van der Waals surface area contributed by atoms with Gasteiger partial charge in [-0.05, 0) is 52.4 Å². The second kappa shape index (κ2) is 10.7. The molecule has 7 nitrogen and oxygen atoms in total. The van der Waals surface area contributed by atoms with Gasteiger partial charge in [0.15, 0.2) is 5.82 Å². The average Bonchev–Trinajstić information content (AvgIpc) is 3.46. The molecule has 0 saturated heterocycles. The van der Waals surface area contributed by atoms with E-state index < -0.39 is 0 Å². The van der Waals surface area contributed by atoms with Crippen molar-refractivity contribution in [2.45, 2.75) is 11.8 Å². The molecule has 0 unspecified atom stereocenters. The van der Waals surface area contributed by atoms with E-state index in [-0.39, 0.29) is 12.5 Å². The average molecular weight is 554 g/mol. The third-order valence-corrected chi connectivity index (χ3v) is 7.86. The van der Waals surface area contributed by atoms with Crippen molar-refractivity contribution in [3.63, 3.8) is 0 Å². The zero-order valence-electron chi connectivity index (χ0n) is 21.8. The maximum Gasteiger partial charge on any atom is 0.277 e. The number of hydrogen-bond donors (Lipinski definition) is 0. The molecule has 4 aromatic carbocycles. The number of carbonyl (C=O) groups excluding carboxylic acids is 1. The Morgan fingerprint density at radius 1 is 0.732 bits per heavy atom. The number of amides is 1. The Morgan fingerprint density at radius 3 is 2.17 bits per heavy atom. The van der Waals surface area contributed by atoms with E-state index in [4.69, 9.17) is 4.74 Å². The van der Waals surface area contributed by atoms with Gasteiger partial charge in [0.05, 0.1) is 5.70 Å². The van der Waals surface area contributed by atoms with E-state index in [1.807, 2.05) is 91.0 Å². The number of hydrogen-bond acceptors (Lipinski definition) is 6. The highest BCUT2D eigenvalue weighted by Gasteiger charge is 2.36. The maximum absolute atomic E-state index is 14.3. The Labute approximate surface area is 240 Å². The molecule has 0 saturated carbocycles. The summed E-state index contributed by atoms with van der Waals surface area (Å²) in [5.41, 5.74) is 3.10. The van der Waals surface area contributed by atoms with E-state index in [1.165, 1.54) is 11.8 Å². The van der Waals surface area contributed by atoms with Crippen LogP contribution in [0.2, 0.25) is 0 Å².